The van der Waals surface area contributed by atoms with Crippen molar-refractivity contribution in [3.63, 3.8) is 0 Å². The quantitative estimate of drug-likeness (QED) is 0.643. The predicted octanol–water partition coefficient (Wildman–Crippen LogP) is 2.28. The van der Waals surface area contributed by atoms with Gasteiger partial charge in [0.1, 0.15) is 11.3 Å². The Morgan fingerprint density at radius 2 is 2.20 bits per heavy atom. The van der Waals surface area contributed by atoms with Crippen LogP contribution in [0.15, 0.2) is 49.2 Å². The van der Waals surface area contributed by atoms with Crippen molar-refractivity contribution < 1.29 is 9.53 Å². The number of aromatic nitrogens is 1. The number of amides is 1. The number of hydrogen-bond donors (Lipinski definition) is 2. The van der Waals surface area contributed by atoms with Crippen LogP contribution in [-0.2, 0) is 6.42 Å². The summed E-state index contributed by atoms with van der Waals surface area (Å²) in [4.78, 5) is 15.4. The fourth-order valence-electron chi connectivity index (χ4n) is 1.78. The molecule has 2 aromatic rings. The van der Waals surface area contributed by atoms with Gasteiger partial charge < -0.3 is 16.2 Å². The number of nitrogens with zero attached hydrogens (tertiary/aromatic N) is 1. The number of nitrogens with two attached hydrogens (primary N) is 2. The normalized spacial score (nSPS) is 10.0. The summed E-state index contributed by atoms with van der Waals surface area (Å²) in [6, 6.07) is 8.43. The second-order valence-electron chi connectivity index (χ2n) is 4.18. The molecule has 0 atom stereocenters. The molecule has 1 heterocycles. The maximum absolute atomic E-state index is 11.3. The molecule has 0 fully saturated rings. The zero-order chi connectivity index (χ0) is 14.5. The first kappa shape index (κ1) is 13.6. The molecular formula is C15H15N3O2. The number of carbonyl (C=O) groups excluding carboxylic acids is 1. The van der Waals surface area contributed by atoms with E-state index in [1.54, 1.807) is 36.4 Å². The van der Waals surface area contributed by atoms with Crippen LogP contribution >= 0.6 is 0 Å². The summed E-state index contributed by atoms with van der Waals surface area (Å²) in [7, 11) is 0. The number of pyridine rings is 1. The van der Waals surface area contributed by atoms with Crippen molar-refractivity contribution in [2.75, 3.05) is 5.73 Å². The third-order valence-corrected chi connectivity index (χ3v) is 2.69. The van der Waals surface area contributed by atoms with Crippen LogP contribution < -0.4 is 16.2 Å². The van der Waals surface area contributed by atoms with E-state index in [0.717, 1.165) is 5.56 Å². The van der Waals surface area contributed by atoms with E-state index in [-0.39, 0.29) is 11.4 Å². The van der Waals surface area contributed by atoms with Crippen LogP contribution in [-0.4, -0.2) is 10.9 Å². The lowest BCUT2D eigenvalue weighted by molar-refractivity contribution is 0.0997. The van der Waals surface area contributed by atoms with E-state index in [0.29, 0.717) is 17.9 Å². The van der Waals surface area contributed by atoms with Crippen molar-refractivity contribution in [2.45, 2.75) is 6.42 Å². The summed E-state index contributed by atoms with van der Waals surface area (Å²) in [5.41, 5.74) is 12.8. The predicted molar refractivity (Wildman–Crippen MR) is 77.6 cm³/mol. The van der Waals surface area contributed by atoms with Gasteiger partial charge in [0.2, 0.25) is 5.88 Å². The Hall–Kier alpha value is -2.82. The number of hydrogen-bond acceptors (Lipinski definition) is 4. The second-order valence-corrected chi connectivity index (χ2v) is 4.18. The van der Waals surface area contributed by atoms with Crippen LogP contribution in [0.1, 0.15) is 15.9 Å². The van der Waals surface area contributed by atoms with Crippen molar-refractivity contribution in [2.24, 2.45) is 5.73 Å². The van der Waals surface area contributed by atoms with Gasteiger partial charge in [0.15, 0.2) is 0 Å². The van der Waals surface area contributed by atoms with E-state index in [2.05, 4.69) is 11.6 Å². The third-order valence-electron chi connectivity index (χ3n) is 2.69. The number of primary amides is 1. The summed E-state index contributed by atoms with van der Waals surface area (Å²) < 4.78 is 5.69. The Morgan fingerprint density at radius 1 is 1.40 bits per heavy atom. The first-order chi connectivity index (χ1) is 9.61. The molecule has 0 radical (unpaired) electrons. The molecular weight excluding hydrogens is 254 g/mol. The summed E-state index contributed by atoms with van der Waals surface area (Å²) in [5, 5.41) is 0. The van der Waals surface area contributed by atoms with Crippen LogP contribution in [0.3, 0.4) is 0 Å². The lowest BCUT2D eigenvalue weighted by Crippen LogP contribution is -2.13. The largest absolute Gasteiger partial charge is 0.438 e. The van der Waals surface area contributed by atoms with Gasteiger partial charge in [0, 0.05) is 17.4 Å². The highest BCUT2D eigenvalue weighted by Gasteiger charge is 2.12. The molecule has 20 heavy (non-hydrogen) atoms. The Bertz CT molecular complexity index is 653. The van der Waals surface area contributed by atoms with Crippen molar-refractivity contribution in [1.29, 1.82) is 0 Å². The van der Waals surface area contributed by atoms with E-state index in [1.165, 1.54) is 6.20 Å². The monoisotopic (exact) mass is 269 g/mol. The minimum atomic E-state index is -0.589. The van der Waals surface area contributed by atoms with E-state index < -0.39 is 5.91 Å². The van der Waals surface area contributed by atoms with Crippen molar-refractivity contribution >= 4 is 11.6 Å². The molecule has 5 heteroatoms. The summed E-state index contributed by atoms with van der Waals surface area (Å²) >= 11 is 0. The molecule has 1 aromatic carbocycles. The molecule has 2 rings (SSSR count). The maximum atomic E-state index is 11.3. The molecule has 0 aliphatic heterocycles. The van der Waals surface area contributed by atoms with Crippen LogP contribution in [0.4, 0.5) is 5.69 Å². The SMILES string of the molecule is C=CCc1cc(N)ccc1Oc1ncccc1C(N)=O. The zero-order valence-electron chi connectivity index (χ0n) is 10.9. The van der Waals surface area contributed by atoms with Crippen molar-refractivity contribution in [1.82, 2.24) is 4.98 Å². The Morgan fingerprint density at radius 3 is 2.90 bits per heavy atom. The molecule has 4 N–H and O–H groups in total. The van der Waals surface area contributed by atoms with Crippen molar-refractivity contribution in [3.05, 3.63) is 60.3 Å². The zero-order valence-corrected chi connectivity index (χ0v) is 10.9. The average molecular weight is 269 g/mol. The van der Waals surface area contributed by atoms with Gasteiger partial charge in [0.25, 0.3) is 5.91 Å². The molecule has 0 saturated carbocycles. The van der Waals surface area contributed by atoms with E-state index in [1.807, 2.05) is 0 Å². The molecule has 0 bridgehead atoms. The molecule has 5 nitrogen and oxygen atoms in total. The van der Waals surface area contributed by atoms with Gasteiger partial charge in [-0.2, -0.15) is 0 Å². The highest BCUT2D eigenvalue weighted by atomic mass is 16.5. The fraction of sp³-hybridized carbons (Fsp3) is 0.0667. The van der Waals surface area contributed by atoms with E-state index >= 15 is 0 Å². The third kappa shape index (κ3) is 2.95. The van der Waals surface area contributed by atoms with E-state index in [9.17, 15) is 4.79 Å². The Labute approximate surface area is 116 Å². The molecule has 1 amide bonds. The van der Waals surface area contributed by atoms with Crippen molar-refractivity contribution in [3.8, 4) is 11.6 Å². The summed E-state index contributed by atoms with van der Waals surface area (Å²) in [6.45, 7) is 3.69. The number of carbonyl (C=O) groups is 1. The Kier molecular flexibility index (Phi) is 4.00. The average Bonchev–Trinajstić information content (AvgIpc) is 2.42. The minimum absolute atomic E-state index is 0.176. The maximum Gasteiger partial charge on any atom is 0.254 e. The number of rotatable bonds is 5. The molecule has 0 unspecified atom stereocenters. The summed E-state index contributed by atoms with van der Waals surface area (Å²) in [6.07, 6.45) is 3.88. The standard InChI is InChI=1S/C15H15N3O2/c1-2-4-10-9-11(16)6-7-13(10)20-15-12(14(17)19)5-3-8-18-15/h2-3,5-9H,1,4,16H2,(H2,17,19). The topological polar surface area (TPSA) is 91.2 Å². The van der Waals surface area contributed by atoms with Crippen LogP contribution in [0.2, 0.25) is 0 Å². The van der Waals surface area contributed by atoms with Gasteiger partial charge in [-0.15, -0.1) is 6.58 Å². The van der Waals surface area contributed by atoms with E-state index in [4.69, 9.17) is 16.2 Å². The van der Waals surface area contributed by atoms with Gasteiger partial charge in [0.05, 0.1) is 0 Å². The lowest BCUT2D eigenvalue weighted by atomic mass is 10.1. The highest BCUT2D eigenvalue weighted by molar-refractivity contribution is 5.95. The number of allylic oxidation sites excluding steroid dienone is 1. The lowest BCUT2D eigenvalue weighted by Gasteiger charge is -2.11. The second kappa shape index (κ2) is 5.88. The molecule has 0 saturated heterocycles. The molecule has 0 spiro atoms. The Balaban J connectivity index is 2.39. The fourth-order valence-corrected chi connectivity index (χ4v) is 1.78. The number of nitrogen functional groups attached to an aromatic ring is 1. The van der Waals surface area contributed by atoms with Gasteiger partial charge in [-0.3, -0.25) is 4.79 Å². The number of ether oxygens (including phenoxy) is 1. The first-order valence-corrected chi connectivity index (χ1v) is 6.03. The molecule has 102 valence electrons. The van der Waals surface area contributed by atoms with Gasteiger partial charge in [-0.1, -0.05) is 6.08 Å². The molecule has 1 aromatic heterocycles. The number of anilines is 1. The number of benzene rings is 1. The van der Waals surface area contributed by atoms with Crippen LogP contribution in [0.25, 0.3) is 0 Å². The van der Waals surface area contributed by atoms with Crippen LogP contribution in [0, 0.1) is 0 Å². The van der Waals surface area contributed by atoms with Crippen LogP contribution in [0.5, 0.6) is 11.6 Å². The first-order valence-electron chi connectivity index (χ1n) is 6.03. The smallest absolute Gasteiger partial charge is 0.254 e. The summed E-state index contributed by atoms with van der Waals surface area (Å²) in [5.74, 6) is 0.157. The van der Waals surface area contributed by atoms with Gasteiger partial charge in [-0.25, -0.2) is 4.98 Å². The van der Waals surface area contributed by atoms with Gasteiger partial charge >= 0.3 is 0 Å². The van der Waals surface area contributed by atoms with Gasteiger partial charge in [-0.05, 0) is 36.8 Å². The molecule has 0 aliphatic rings. The molecule has 0 aliphatic carbocycles. The minimum Gasteiger partial charge on any atom is -0.438 e. The highest BCUT2D eigenvalue weighted by Crippen LogP contribution is 2.28.